The molecule has 0 unspecified atom stereocenters. The molecule has 110 valence electrons. The summed E-state index contributed by atoms with van der Waals surface area (Å²) in [6.07, 6.45) is 12.2. The molecular formula is C17H21N3O. The Balaban J connectivity index is 1.39. The molecule has 4 aliphatic carbocycles. The van der Waals surface area contributed by atoms with Crippen LogP contribution in [0, 0.1) is 29.6 Å². The predicted molar refractivity (Wildman–Crippen MR) is 80.7 cm³/mol. The molecule has 0 saturated heterocycles. The van der Waals surface area contributed by atoms with Crippen LogP contribution in [0.4, 0.5) is 0 Å². The highest BCUT2D eigenvalue weighted by atomic mass is 16.2. The summed E-state index contributed by atoms with van der Waals surface area (Å²) in [6, 6.07) is 3.40. The van der Waals surface area contributed by atoms with E-state index >= 15 is 0 Å². The number of nitrogens with one attached hydrogen (secondary N) is 1. The molecule has 1 aromatic rings. The van der Waals surface area contributed by atoms with Crippen LogP contribution in [0.3, 0.4) is 0 Å². The fourth-order valence-electron chi connectivity index (χ4n) is 4.96. The number of hydrazone groups is 1. The van der Waals surface area contributed by atoms with E-state index in [0.717, 1.165) is 23.7 Å². The van der Waals surface area contributed by atoms with Crippen molar-refractivity contribution < 1.29 is 4.79 Å². The van der Waals surface area contributed by atoms with E-state index in [0.29, 0.717) is 11.5 Å². The third kappa shape index (κ3) is 2.47. The number of aromatic nitrogens is 1. The van der Waals surface area contributed by atoms with Gasteiger partial charge in [-0.05, 0) is 67.9 Å². The average Bonchev–Trinajstić information content (AvgIpc) is 2.50. The number of carbonyl (C=O) groups is 1. The van der Waals surface area contributed by atoms with Gasteiger partial charge in [0.25, 0.3) is 5.91 Å². The van der Waals surface area contributed by atoms with E-state index in [-0.39, 0.29) is 5.91 Å². The van der Waals surface area contributed by atoms with Gasteiger partial charge in [-0.25, -0.2) is 5.43 Å². The van der Waals surface area contributed by atoms with Crippen molar-refractivity contribution in [2.24, 2.45) is 34.7 Å². The van der Waals surface area contributed by atoms with Gasteiger partial charge < -0.3 is 0 Å². The van der Waals surface area contributed by atoms with Gasteiger partial charge in [-0.3, -0.25) is 9.78 Å². The van der Waals surface area contributed by atoms with Crippen LogP contribution in [-0.2, 0) is 0 Å². The molecule has 21 heavy (non-hydrogen) atoms. The largest absolute Gasteiger partial charge is 0.271 e. The third-order valence-corrected chi connectivity index (χ3v) is 5.65. The fourth-order valence-corrected chi connectivity index (χ4v) is 4.96. The summed E-state index contributed by atoms with van der Waals surface area (Å²) in [5.74, 6) is 3.99. The molecule has 1 amide bonds. The van der Waals surface area contributed by atoms with E-state index in [9.17, 15) is 4.79 Å². The Morgan fingerprint density at radius 2 is 1.71 bits per heavy atom. The van der Waals surface area contributed by atoms with Crippen LogP contribution in [0.5, 0.6) is 0 Å². The number of hydrogen-bond acceptors (Lipinski definition) is 3. The first kappa shape index (κ1) is 13.0. The molecule has 4 bridgehead atoms. The highest BCUT2D eigenvalue weighted by molar-refractivity contribution is 5.94. The van der Waals surface area contributed by atoms with Crippen molar-refractivity contribution in [2.75, 3.05) is 0 Å². The maximum absolute atomic E-state index is 11.9. The number of rotatable bonds is 3. The van der Waals surface area contributed by atoms with Gasteiger partial charge >= 0.3 is 0 Å². The molecule has 1 heterocycles. The van der Waals surface area contributed by atoms with Gasteiger partial charge in [0.1, 0.15) is 0 Å². The Kier molecular flexibility index (Phi) is 3.24. The second kappa shape index (κ2) is 5.24. The first-order valence-corrected chi connectivity index (χ1v) is 8.03. The van der Waals surface area contributed by atoms with Crippen LogP contribution in [0.2, 0.25) is 0 Å². The predicted octanol–water partition coefficient (Wildman–Crippen LogP) is 2.87. The van der Waals surface area contributed by atoms with Crippen LogP contribution in [-0.4, -0.2) is 17.1 Å². The van der Waals surface area contributed by atoms with E-state index in [1.807, 2.05) is 6.21 Å². The number of hydrogen-bond donors (Lipinski definition) is 1. The molecule has 4 aliphatic rings. The summed E-state index contributed by atoms with van der Waals surface area (Å²) in [6.45, 7) is 0. The number of amides is 1. The van der Waals surface area contributed by atoms with Crippen molar-refractivity contribution >= 4 is 12.1 Å². The molecular weight excluding hydrogens is 262 g/mol. The molecule has 0 radical (unpaired) electrons. The summed E-state index contributed by atoms with van der Waals surface area (Å²) in [4.78, 5) is 15.9. The van der Waals surface area contributed by atoms with Crippen molar-refractivity contribution in [3.8, 4) is 0 Å². The number of nitrogens with zero attached hydrogens (tertiary/aromatic N) is 2. The lowest BCUT2D eigenvalue weighted by Gasteiger charge is -2.53. The summed E-state index contributed by atoms with van der Waals surface area (Å²) in [5, 5.41) is 4.25. The van der Waals surface area contributed by atoms with Crippen LogP contribution in [0.15, 0.2) is 29.6 Å². The Labute approximate surface area is 125 Å². The molecule has 0 aromatic carbocycles. The summed E-state index contributed by atoms with van der Waals surface area (Å²) in [5.41, 5.74) is 3.26. The second-order valence-electron chi connectivity index (χ2n) is 6.96. The van der Waals surface area contributed by atoms with E-state index in [1.54, 1.807) is 24.5 Å². The molecule has 0 aliphatic heterocycles. The zero-order valence-electron chi connectivity index (χ0n) is 12.1. The lowest BCUT2D eigenvalue weighted by atomic mass is 9.52. The highest BCUT2D eigenvalue weighted by Gasteiger charge is 2.47. The Morgan fingerprint density at radius 3 is 2.33 bits per heavy atom. The first-order valence-electron chi connectivity index (χ1n) is 8.03. The van der Waals surface area contributed by atoms with Crippen molar-refractivity contribution in [1.82, 2.24) is 10.4 Å². The van der Waals surface area contributed by atoms with Crippen LogP contribution >= 0.6 is 0 Å². The van der Waals surface area contributed by atoms with Gasteiger partial charge in [0.15, 0.2) is 0 Å². The van der Waals surface area contributed by atoms with Crippen LogP contribution in [0.25, 0.3) is 0 Å². The molecule has 4 fully saturated rings. The molecule has 5 rings (SSSR count). The molecule has 0 spiro atoms. The van der Waals surface area contributed by atoms with E-state index in [2.05, 4.69) is 15.5 Å². The van der Waals surface area contributed by atoms with E-state index in [1.165, 1.54) is 32.1 Å². The van der Waals surface area contributed by atoms with Gasteiger partial charge in [0, 0.05) is 30.1 Å². The molecule has 1 N–H and O–H groups in total. The fraction of sp³-hybridized carbons (Fsp3) is 0.588. The topological polar surface area (TPSA) is 54.4 Å². The molecule has 1 aromatic heterocycles. The van der Waals surface area contributed by atoms with Gasteiger partial charge in [0.05, 0.1) is 0 Å². The Hall–Kier alpha value is -1.71. The number of pyridine rings is 1. The lowest BCUT2D eigenvalue weighted by Crippen LogP contribution is -2.45. The summed E-state index contributed by atoms with van der Waals surface area (Å²) >= 11 is 0. The van der Waals surface area contributed by atoms with E-state index in [4.69, 9.17) is 0 Å². The lowest BCUT2D eigenvalue weighted by molar-refractivity contribution is -0.00654. The average molecular weight is 283 g/mol. The maximum Gasteiger partial charge on any atom is 0.271 e. The van der Waals surface area contributed by atoms with Gasteiger partial charge in [-0.2, -0.15) is 5.10 Å². The summed E-state index contributed by atoms with van der Waals surface area (Å²) < 4.78 is 0. The molecule has 4 heteroatoms. The highest BCUT2D eigenvalue weighted by Crippen LogP contribution is 2.55. The van der Waals surface area contributed by atoms with Crippen LogP contribution < -0.4 is 5.43 Å². The minimum absolute atomic E-state index is 0.155. The first-order chi connectivity index (χ1) is 10.3. The molecule has 0 atom stereocenters. The van der Waals surface area contributed by atoms with Gasteiger partial charge in [-0.1, -0.05) is 0 Å². The standard InChI is InChI=1S/C17H21N3O/c21-17(13-1-3-18-4-2-13)20-19-10-16-14-6-11-5-12(8-14)9-15(16)7-11/h1-4,10-12,14-16H,5-9H2,(H,20,21)/b19-10+. The quantitative estimate of drug-likeness (QED) is 0.685. The van der Waals surface area contributed by atoms with Crippen molar-refractivity contribution in [2.45, 2.75) is 32.1 Å². The third-order valence-electron chi connectivity index (χ3n) is 5.65. The molecule has 4 saturated carbocycles. The second-order valence-corrected chi connectivity index (χ2v) is 6.96. The minimum atomic E-state index is -0.155. The van der Waals surface area contributed by atoms with Crippen LogP contribution in [0.1, 0.15) is 42.5 Å². The normalized spacial score (nSPS) is 37.0. The zero-order valence-corrected chi connectivity index (χ0v) is 12.1. The zero-order chi connectivity index (χ0) is 14.2. The van der Waals surface area contributed by atoms with Gasteiger partial charge in [-0.15, -0.1) is 0 Å². The maximum atomic E-state index is 11.9. The Morgan fingerprint density at radius 1 is 1.10 bits per heavy atom. The van der Waals surface area contributed by atoms with Crippen molar-refractivity contribution in [3.05, 3.63) is 30.1 Å². The Bertz CT molecular complexity index is 526. The molecule has 4 nitrogen and oxygen atoms in total. The monoisotopic (exact) mass is 283 g/mol. The number of carbonyl (C=O) groups excluding carboxylic acids is 1. The van der Waals surface area contributed by atoms with Crippen molar-refractivity contribution in [1.29, 1.82) is 0 Å². The minimum Gasteiger partial charge on any atom is -0.267 e. The SMILES string of the molecule is O=C(N/N=C/C1C2CC3CC(C2)CC1C3)c1ccncc1. The van der Waals surface area contributed by atoms with E-state index < -0.39 is 0 Å². The van der Waals surface area contributed by atoms with Gasteiger partial charge in [0.2, 0.25) is 0 Å². The smallest absolute Gasteiger partial charge is 0.267 e. The summed E-state index contributed by atoms with van der Waals surface area (Å²) in [7, 11) is 0. The van der Waals surface area contributed by atoms with Crippen molar-refractivity contribution in [3.63, 3.8) is 0 Å².